The lowest BCUT2D eigenvalue weighted by molar-refractivity contribution is -0.386. The lowest BCUT2D eigenvalue weighted by Gasteiger charge is -2.10. The molecule has 0 aliphatic heterocycles. The molecule has 0 saturated heterocycles. The summed E-state index contributed by atoms with van der Waals surface area (Å²) in [6.07, 6.45) is 0.749. The summed E-state index contributed by atoms with van der Waals surface area (Å²) in [5.74, 6) is 6.00. The third-order valence-electron chi connectivity index (χ3n) is 2.74. The minimum absolute atomic E-state index is 0.0913. The Bertz CT molecular complexity index is 631. The number of pyridine rings is 1. The van der Waals surface area contributed by atoms with E-state index in [0.29, 0.717) is 11.6 Å². The van der Waals surface area contributed by atoms with Crippen molar-refractivity contribution < 1.29 is 9.66 Å². The quantitative estimate of drug-likeness (QED) is 0.493. The second kappa shape index (κ2) is 5.98. The molecule has 2 rings (SSSR count). The van der Waals surface area contributed by atoms with E-state index in [0.717, 1.165) is 12.0 Å². The van der Waals surface area contributed by atoms with Gasteiger partial charge in [-0.25, -0.2) is 5.84 Å². The highest BCUT2D eigenvalue weighted by molar-refractivity contribution is 5.50. The molecule has 104 valence electrons. The maximum atomic E-state index is 11.0. The Hall–Kier alpha value is -2.67. The summed E-state index contributed by atoms with van der Waals surface area (Å²) in [5, 5.41) is 11.0. The second-order valence-corrected chi connectivity index (χ2v) is 3.99. The molecule has 0 spiro atoms. The van der Waals surface area contributed by atoms with Crippen LogP contribution in [-0.2, 0) is 6.42 Å². The number of anilines is 1. The van der Waals surface area contributed by atoms with Crippen LogP contribution in [0.3, 0.4) is 0 Å². The summed E-state index contributed by atoms with van der Waals surface area (Å²) >= 11 is 0. The number of aryl methyl sites for hydroxylation is 1. The first-order valence-corrected chi connectivity index (χ1v) is 6.03. The second-order valence-electron chi connectivity index (χ2n) is 3.99. The molecule has 0 amide bonds. The van der Waals surface area contributed by atoms with E-state index in [4.69, 9.17) is 10.6 Å². The van der Waals surface area contributed by atoms with Crippen LogP contribution in [0.1, 0.15) is 12.5 Å². The Balaban J connectivity index is 2.43. The Kier molecular flexibility index (Phi) is 4.11. The van der Waals surface area contributed by atoms with Crippen LogP contribution < -0.4 is 16.0 Å². The number of ether oxygens (including phenoxy) is 1. The van der Waals surface area contributed by atoms with Gasteiger partial charge in [-0.15, -0.1) is 0 Å². The molecule has 2 aromatic rings. The highest BCUT2D eigenvalue weighted by Crippen LogP contribution is 2.32. The first-order chi connectivity index (χ1) is 9.65. The molecular formula is C13H14N4O3. The summed E-state index contributed by atoms with van der Waals surface area (Å²) in [6, 6.07) is 10.0. The van der Waals surface area contributed by atoms with Crippen LogP contribution in [-0.4, -0.2) is 9.91 Å². The fourth-order valence-corrected chi connectivity index (χ4v) is 1.73. The van der Waals surface area contributed by atoms with Crippen LogP contribution in [0.4, 0.5) is 11.5 Å². The van der Waals surface area contributed by atoms with Gasteiger partial charge in [0.05, 0.1) is 4.92 Å². The number of nitrogens with two attached hydrogens (primary N) is 1. The number of nitrogens with zero attached hydrogens (tertiary/aromatic N) is 2. The number of hydrogen-bond donors (Lipinski definition) is 2. The smallest absolute Gasteiger partial charge is 0.331 e. The minimum Gasteiger partial charge on any atom is -0.433 e. The van der Waals surface area contributed by atoms with Gasteiger partial charge in [0.1, 0.15) is 11.6 Å². The third-order valence-corrected chi connectivity index (χ3v) is 2.74. The summed E-state index contributed by atoms with van der Waals surface area (Å²) < 4.78 is 5.59. The molecule has 7 heteroatoms. The molecule has 0 atom stereocenters. The van der Waals surface area contributed by atoms with Crippen molar-refractivity contribution in [2.75, 3.05) is 5.43 Å². The fourth-order valence-electron chi connectivity index (χ4n) is 1.73. The average Bonchev–Trinajstić information content (AvgIpc) is 2.47. The molecule has 1 aromatic carbocycles. The SMILES string of the molecule is CCc1ccccc1Oc1nc(NN)ccc1[N+](=O)[O-]. The molecule has 7 nitrogen and oxygen atoms in total. The lowest BCUT2D eigenvalue weighted by Crippen LogP contribution is -2.09. The molecule has 3 N–H and O–H groups in total. The predicted molar refractivity (Wildman–Crippen MR) is 74.6 cm³/mol. The number of nitrogen functional groups attached to an aromatic ring is 1. The number of hydrogen-bond acceptors (Lipinski definition) is 6. The number of nitrogens with one attached hydrogen (secondary N) is 1. The Morgan fingerprint density at radius 2 is 2.10 bits per heavy atom. The van der Waals surface area contributed by atoms with Crippen molar-refractivity contribution >= 4 is 11.5 Å². The van der Waals surface area contributed by atoms with Gasteiger partial charge in [-0.1, -0.05) is 25.1 Å². The zero-order valence-electron chi connectivity index (χ0n) is 10.9. The molecular weight excluding hydrogens is 260 g/mol. The van der Waals surface area contributed by atoms with Gasteiger partial charge in [0.15, 0.2) is 0 Å². The molecule has 0 fully saturated rings. The molecule has 0 saturated carbocycles. The fraction of sp³-hybridized carbons (Fsp3) is 0.154. The first kappa shape index (κ1) is 13.8. The van der Waals surface area contributed by atoms with Crippen molar-refractivity contribution in [3.8, 4) is 11.6 Å². The number of aromatic nitrogens is 1. The standard InChI is InChI=1S/C13H14N4O3/c1-2-9-5-3-4-6-11(9)20-13-10(17(18)19)7-8-12(15-13)16-14/h3-8H,2,14H2,1H3,(H,15,16). The van der Waals surface area contributed by atoms with Gasteiger partial charge in [-0.3, -0.25) is 10.1 Å². The Morgan fingerprint density at radius 1 is 1.35 bits per heavy atom. The van der Waals surface area contributed by atoms with E-state index in [1.54, 1.807) is 12.1 Å². The van der Waals surface area contributed by atoms with Gasteiger partial charge in [0.25, 0.3) is 0 Å². The molecule has 0 aliphatic carbocycles. The largest absolute Gasteiger partial charge is 0.433 e. The first-order valence-electron chi connectivity index (χ1n) is 6.03. The maximum Gasteiger partial charge on any atom is 0.331 e. The molecule has 0 bridgehead atoms. The van der Waals surface area contributed by atoms with E-state index < -0.39 is 4.92 Å². The van der Waals surface area contributed by atoms with Crippen molar-refractivity contribution in [2.45, 2.75) is 13.3 Å². The Morgan fingerprint density at radius 3 is 2.75 bits per heavy atom. The normalized spacial score (nSPS) is 10.1. The van der Waals surface area contributed by atoms with E-state index in [9.17, 15) is 10.1 Å². The number of hydrazine groups is 1. The van der Waals surface area contributed by atoms with Gasteiger partial charge < -0.3 is 10.2 Å². The lowest BCUT2D eigenvalue weighted by atomic mass is 10.1. The Labute approximate surface area is 115 Å². The summed E-state index contributed by atoms with van der Waals surface area (Å²) in [7, 11) is 0. The minimum atomic E-state index is -0.544. The molecule has 0 radical (unpaired) electrons. The highest BCUT2D eigenvalue weighted by atomic mass is 16.6. The molecule has 20 heavy (non-hydrogen) atoms. The van der Waals surface area contributed by atoms with Crippen LogP contribution in [0.25, 0.3) is 0 Å². The van der Waals surface area contributed by atoms with Crippen LogP contribution in [0.2, 0.25) is 0 Å². The van der Waals surface area contributed by atoms with Crippen molar-refractivity contribution in [1.82, 2.24) is 4.98 Å². The van der Waals surface area contributed by atoms with E-state index in [2.05, 4.69) is 10.4 Å². The van der Waals surface area contributed by atoms with Crippen LogP contribution in [0, 0.1) is 10.1 Å². The van der Waals surface area contributed by atoms with Crippen LogP contribution in [0.5, 0.6) is 11.6 Å². The van der Waals surface area contributed by atoms with Crippen molar-refractivity contribution in [3.05, 3.63) is 52.1 Å². The zero-order chi connectivity index (χ0) is 14.5. The van der Waals surface area contributed by atoms with E-state index in [1.165, 1.54) is 12.1 Å². The predicted octanol–water partition coefficient (Wildman–Crippen LogP) is 2.63. The molecule has 1 heterocycles. The molecule has 1 aromatic heterocycles. The van der Waals surface area contributed by atoms with Gasteiger partial charge in [-0.05, 0) is 24.1 Å². The number of benzene rings is 1. The number of para-hydroxylation sites is 1. The zero-order valence-corrected chi connectivity index (χ0v) is 10.9. The number of rotatable bonds is 5. The summed E-state index contributed by atoms with van der Waals surface area (Å²) in [4.78, 5) is 14.4. The van der Waals surface area contributed by atoms with Crippen LogP contribution in [0.15, 0.2) is 36.4 Å². The summed E-state index contributed by atoms with van der Waals surface area (Å²) in [5.41, 5.74) is 3.06. The van der Waals surface area contributed by atoms with E-state index in [-0.39, 0.29) is 11.6 Å². The van der Waals surface area contributed by atoms with Crippen molar-refractivity contribution in [3.63, 3.8) is 0 Å². The molecule has 0 aliphatic rings. The maximum absolute atomic E-state index is 11.0. The monoisotopic (exact) mass is 274 g/mol. The number of nitro groups is 1. The summed E-state index contributed by atoms with van der Waals surface area (Å²) in [6.45, 7) is 1.97. The van der Waals surface area contributed by atoms with E-state index in [1.807, 2.05) is 19.1 Å². The molecule has 0 unspecified atom stereocenters. The van der Waals surface area contributed by atoms with Gasteiger partial charge >= 0.3 is 11.6 Å². The van der Waals surface area contributed by atoms with Gasteiger partial charge in [-0.2, -0.15) is 4.98 Å². The van der Waals surface area contributed by atoms with Crippen LogP contribution >= 0.6 is 0 Å². The van der Waals surface area contributed by atoms with Crippen molar-refractivity contribution in [1.29, 1.82) is 0 Å². The van der Waals surface area contributed by atoms with E-state index >= 15 is 0 Å². The third kappa shape index (κ3) is 2.83. The topological polar surface area (TPSA) is 103 Å². The van der Waals surface area contributed by atoms with Gasteiger partial charge in [0.2, 0.25) is 0 Å². The highest BCUT2D eigenvalue weighted by Gasteiger charge is 2.19. The van der Waals surface area contributed by atoms with Crippen molar-refractivity contribution in [2.24, 2.45) is 5.84 Å². The average molecular weight is 274 g/mol. The van der Waals surface area contributed by atoms with Gasteiger partial charge in [0, 0.05) is 6.07 Å².